The highest BCUT2D eigenvalue weighted by atomic mass is 16.1. The molecule has 0 amide bonds. The lowest BCUT2D eigenvalue weighted by Crippen LogP contribution is -2.21. The Hall–Kier alpha value is -1.03. The van der Waals surface area contributed by atoms with Crippen molar-refractivity contribution in [2.45, 2.75) is 25.7 Å². The fraction of sp³-hybridized carbons (Fsp3) is 0.700. The fourth-order valence-electron chi connectivity index (χ4n) is 2.36. The van der Waals surface area contributed by atoms with Crippen LogP contribution < -0.4 is 11.3 Å². The molecule has 1 atom stereocenters. The molecule has 1 unspecified atom stereocenters. The van der Waals surface area contributed by atoms with Gasteiger partial charge in [0.15, 0.2) is 0 Å². The van der Waals surface area contributed by atoms with Gasteiger partial charge in [0.2, 0.25) is 0 Å². The van der Waals surface area contributed by atoms with Crippen LogP contribution >= 0.6 is 0 Å². The molecule has 0 saturated heterocycles. The van der Waals surface area contributed by atoms with Crippen molar-refractivity contribution in [1.82, 2.24) is 9.78 Å². The van der Waals surface area contributed by atoms with Gasteiger partial charge in [-0.3, -0.25) is 14.6 Å². The number of aryl methyl sites for hydroxylation is 1. The summed E-state index contributed by atoms with van der Waals surface area (Å²) in [6, 6.07) is 0. The van der Waals surface area contributed by atoms with Gasteiger partial charge in [0.1, 0.15) is 0 Å². The number of rotatable bonds is 2. The molecule has 4 heteroatoms. The lowest BCUT2D eigenvalue weighted by molar-refractivity contribution is 0.424. The maximum Gasteiger partial charge on any atom is 0.267 e. The van der Waals surface area contributed by atoms with E-state index < -0.39 is 0 Å². The molecule has 0 aliphatic heterocycles. The summed E-state index contributed by atoms with van der Waals surface area (Å²) in [4.78, 5) is 11.5. The molecule has 0 radical (unpaired) electrons. The van der Waals surface area contributed by atoms with Crippen LogP contribution in [0.5, 0.6) is 0 Å². The van der Waals surface area contributed by atoms with Gasteiger partial charge in [0, 0.05) is 18.3 Å². The molecule has 3 N–H and O–H groups in total. The average Bonchev–Trinajstić information content (AvgIpc) is 2.43. The van der Waals surface area contributed by atoms with E-state index in [9.17, 15) is 4.79 Å². The van der Waals surface area contributed by atoms with Gasteiger partial charge in [-0.1, -0.05) is 0 Å². The van der Waals surface area contributed by atoms with E-state index in [1.54, 1.807) is 0 Å². The second-order valence-electron chi connectivity index (χ2n) is 4.11. The van der Waals surface area contributed by atoms with E-state index in [1.807, 2.05) is 11.7 Å². The molecule has 4 nitrogen and oxygen atoms in total. The molecule has 1 aromatic heterocycles. The molecule has 1 aliphatic carbocycles. The Morgan fingerprint density at radius 1 is 1.64 bits per heavy atom. The summed E-state index contributed by atoms with van der Waals surface area (Å²) in [5.41, 5.74) is 7.79. The van der Waals surface area contributed by atoms with E-state index in [0.717, 1.165) is 37.8 Å². The average molecular weight is 195 g/mol. The third-order valence-corrected chi connectivity index (χ3v) is 3.15. The van der Waals surface area contributed by atoms with Crippen LogP contribution in [-0.4, -0.2) is 16.3 Å². The predicted molar refractivity (Wildman–Crippen MR) is 55.2 cm³/mol. The topological polar surface area (TPSA) is 63.8 Å². The van der Waals surface area contributed by atoms with Gasteiger partial charge >= 0.3 is 0 Å². The van der Waals surface area contributed by atoms with E-state index in [0.29, 0.717) is 5.92 Å². The van der Waals surface area contributed by atoms with Crippen molar-refractivity contribution in [2.24, 2.45) is 18.7 Å². The van der Waals surface area contributed by atoms with E-state index in [4.69, 9.17) is 5.73 Å². The standard InChI is InChI=1S/C10H17N3O/c1-13-9-3-2-7(4-5-11)6-8(9)10(14)12-13/h7H,2-6,11H2,1H3,(H,12,14). The summed E-state index contributed by atoms with van der Waals surface area (Å²) in [6.45, 7) is 0.727. The van der Waals surface area contributed by atoms with Crippen LogP contribution in [0.1, 0.15) is 24.1 Å². The molecule has 1 aromatic rings. The van der Waals surface area contributed by atoms with E-state index >= 15 is 0 Å². The van der Waals surface area contributed by atoms with Crippen LogP contribution in [0.15, 0.2) is 4.79 Å². The van der Waals surface area contributed by atoms with Crippen molar-refractivity contribution in [3.05, 3.63) is 21.6 Å². The first-order valence-corrected chi connectivity index (χ1v) is 5.19. The SMILES string of the molecule is Cn1[nH]c(=O)c2c1CCC(CCN)C2. The number of nitrogens with zero attached hydrogens (tertiary/aromatic N) is 1. The molecule has 78 valence electrons. The maximum atomic E-state index is 11.5. The molecule has 2 rings (SSSR count). The van der Waals surface area contributed by atoms with E-state index in [1.165, 1.54) is 5.69 Å². The molecule has 0 fully saturated rings. The maximum absolute atomic E-state index is 11.5. The van der Waals surface area contributed by atoms with E-state index in [-0.39, 0.29) is 5.56 Å². The van der Waals surface area contributed by atoms with Crippen molar-refractivity contribution in [3.8, 4) is 0 Å². The minimum Gasteiger partial charge on any atom is -0.330 e. The Morgan fingerprint density at radius 2 is 2.43 bits per heavy atom. The Bertz CT molecular complexity index is 377. The van der Waals surface area contributed by atoms with Crippen LogP contribution in [0.25, 0.3) is 0 Å². The summed E-state index contributed by atoms with van der Waals surface area (Å²) in [6.07, 6.45) is 4.11. The van der Waals surface area contributed by atoms with Gasteiger partial charge in [0.05, 0.1) is 0 Å². The Kier molecular flexibility index (Phi) is 2.46. The molecule has 1 heterocycles. The number of hydrogen-bond donors (Lipinski definition) is 2. The number of nitrogens with one attached hydrogen (secondary N) is 1. The number of nitrogens with two attached hydrogens (primary N) is 1. The first kappa shape index (κ1) is 9.52. The first-order valence-electron chi connectivity index (χ1n) is 5.19. The van der Waals surface area contributed by atoms with Crippen LogP contribution in [0.4, 0.5) is 0 Å². The smallest absolute Gasteiger partial charge is 0.267 e. The van der Waals surface area contributed by atoms with Crippen molar-refractivity contribution in [2.75, 3.05) is 6.54 Å². The highest BCUT2D eigenvalue weighted by Gasteiger charge is 2.23. The van der Waals surface area contributed by atoms with Gasteiger partial charge in [-0.05, 0) is 38.1 Å². The third-order valence-electron chi connectivity index (χ3n) is 3.15. The number of H-pyrrole nitrogens is 1. The fourth-order valence-corrected chi connectivity index (χ4v) is 2.36. The Balaban J connectivity index is 2.25. The highest BCUT2D eigenvalue weighted by molar-refractivity contribution is 5.21. The second kappa shape index (κ2) is 3.61. The predicted octanol–water partition coefficient (Wildman–Crippen LogP) is 0.167. The number of aromatic amines is 1. The minimum absolute atomic E-state index is 0.0872. The van der Waals surface area contributed by atoms with Gasteiger partial charge in [-0.2, -0.15) is 0 Å². The Labute approximate surface area is 83.1 Å². The molecule has 1 aliphatic rings. The van der Waals surface area contributed by atoms with Crippen molar-refractivity contribution < 1.29 is 0 Å². The molecule has 0 saturated carbocycles. The van der Waals surface area contributed by atoms with E-state index in [2.05, 4.69) is 5.10 Å². The lowest BCUT2D eigenvalue weighted by Gasteiger charge is -2.21. The van der Waals surface area contributed by atoms with Gasteiger partial charge in [0.25, 0.3) is 5.56 Å². The largest absolute Gasteiger partial charge is 0.330 e. The third kappa shape index (κ3) is 1.50. The number of aromatic nitrogens is 2. The van der Waals surface area contributed by atoms with Gasteiger partial charge in [-0.25, -0.2) is 0 Å². The summed E-state index contributed by atoms with van der Waals surface area (Å²) in [7, 11) is 1.91. The van der Waals surface area contributed by atoms with Crippen molar-refractivity contribution in [3.63, 3.8) is 0 Å². The first-order chi connectivity index (χ1) is 6.72. The summed E-state index contributed by atoms with van der Waals surface area (Å²) < 4.78 is 1.86. The van der Waals surface area contributed by atoms with Crippen LogP contribution in [-0.2, 0) is 19.9 Å². The van der Waals surface area contributed by atoms with Crippen LogP contribution in [0.2, 0.25) is 0 Å². The summed E-state index contributed by atoms with van der Waals surface area (Å²) in [5.74, 6) is 0.607. The monoisotopic (exact) mass is 195 g/mol. The normalized spacial score (nSPS) is 20.9. The molecule has 14 heavy (non-hydrogen) atoms. The van der Waals surface area contributed by atoms with Crippen molar-refractivity contribution in [1.29, 1.82) is 0 Å². The highest BCUT2D eigenvalue weighted by Crippen LogP contribution is 2.24. The lowest BCUT2D eigenvalue weighted by atomic mass is 9.85. The molecular formula is C10H17N3O. The second-order valence-corrected chi connectivity index (χ2v) is 4.11. The summed E-state index contributed by atoms with van der Waals surface area (Å²) >= 11 is 0. The van der Waals surface area contributed by atoms with Crippen molar-refractivity contribution >= 4 is 0 Å². The van der Waals surface area contributed by atoms with Crippen LogP contribution in [0.3, 0.4) is 0 Å². The van der Waals surface area contributed by atoms with Gasteiger partial charge < -0.3 is 5.73 Å². The molecule has 0 bridgehead atoms. The van der Waals surface area contributed by atoms with Crippen LogP contribution in [0, 0.1) is 5.92 Å². The molecule has 0 spiro atoms. The minimum atomic E-state index is 0.0872. The zero-order valence-electron chi connectivity index (χ0n) is 8.55. The quantitative estimate of drug-likeness (QED) is 0.706. The number of hydrogen-bond acceptors (Lipinski definition) is 2. The Morgan fingerprint density at radius 3 is 3.14 bits per heavy atom. The molecule has 0 aromatic carbocycles. The number of fused-ring (bicyclic) bond motifs is 1. The van der Waals surface area contributed by atoms with Gasteiger partial charge in [-0.15, -0.1) is 0 Å². The summed E-state index contributed by atoms with van der Waals surface area (Å²) in [5, 5.41) is 2.81. The zero-order chi connectivity index (χ0) is 10.1. The zero-order valence-corrected chi connectivity index (χ0v) is 8.55. The molecular weight excluding hydrogens is 178 g/mol.